The van der Waals surface area contributed by atoms with Crippen LogP contribution >= 0.6 is 22.6 Å². The number of nitrogens with zero attached hydrogens (tertiary/aromatic N) is 1. The second kappa shape index (κ2) is 3.55. The zero-order chi connectivity index (χ0) is 9.30. The fourth-order valence-corrected chi connectivity index (χ4v) is 1.38. The third-order valence-corrected chi connectivity index (χ3v) is 1.97. The van der Waals surface area contributed by atoms with Crippen LogP contribution in [0.4, 0.5) is 17.6 Å². The summed E-state index contributed by atoms with van der Waals surface area (Å²) >= 11 is 1.36. The Hall–Kier alpha value is -0.400. The van der Waals surface area contributed by atoms with E-state index in [2.05, 4.69) is 4.98 Å². The molecule has 0 saturated heterocycles. The highest BCUT2D eigenvalue weighted by Crippen LogP contribution is 2.25. The van der Waals surface area contributed by atoms with Gasteiger partial charge in [-0.15, -0.1) is 0 Å². The molecule has 66 valence electrons. The minimum Gasteiger partial charge on any atom is -0.213 e. The van der Waals surface area contributed by atoms with Crippen LogP contribution in [-0.2, 0) is 0 Å². The lowest BCUT2D eigenvalue weighted by Gasteiger charge is -2.02. The van der Waals surface area contributed by atoms with Crippen LogP contribution in [-0.4, -0.2) is 4.98 Å². The predicted octanol–water partition coefficient (Wildman–Crippen LogP) is 2.90. The van der Waals surface area contributed by atoms with Crippen LogP contribution in [0.25, 0.3) is 0 Å². The molecule has 0 unspecified atom stereocenters. The standard InChI is InChI=1S/C6H2F4IN/c7-2-1-3(8)12-6(11)4(2)5(9)10/h1,5H. The number of hydrogen-bond acceptors (Lipinski definition) is 1. The smallest absolute Gasteiger partial charge is 0.213 e. The van der Waals surface area contributed by atoms with Crippen LogP contribution < -0.4 is 0 Å². The molecule has 1 heterocycles. The van der Waals surface area contributed by atoms with Crippen LogP contribution in [0.15, 0.2) is 6.07 Å². The molecule has 1 nitrogen and oxygen atoms in total. The molecular formula is C6H2F4IN. The average Bonchev–Trinajstić information content (AvgIpc) is 1.82. The molecule has 1 rings (SSSR count). The highest BCUT2D eigenvalue weighted by molar-refractivity contribution is 14.1. The molecule has 6 heteroatoms. The first-order valence-electron chi connectivity index (χ1n) is 2.82. The molecule has 0 N–H and O–H groups in total. The summed E-state index contributed by atoms with van der Waals surface area (Å²) in [5, 5.41) is 0. The fourth-order valence-electron chi connectivity index (χ4n) is 0.661. The van der Waals surface area contributed by atoms with Crippen molar-refractivity contribution in [1.29, 1.82) is 0 Å². The number of aromatic nitrogens is 1. The molecular weight excluding hydrogens is 289 g/mol. The van der Waals surface area contributed by atoms with Crippen molar-refractivity contribution in [2.45, 2.75) is 6.43 Å². The molecule has 1 aromatic rings. The second-order valence-corrected chi connectivity index (χ2v) is 2.95. The van der Waals surface area contributed by atoms with E-state index in [-0.39, 0.29) is 3.70 Å². The Kier molecular flexibility index (Phi) is 2.86. The van der Waals surface area contributed by atoms with E-state index >= 15 is 0 Å². The van der Waals surface area contributed by atoms with E-state index in [9.17, 15) is 17.6 Å². The molecule has 0 amide bonds. The van der Waals surface area contributed by atoms with Gasteiger partial charge in [-0.2, -0.15) is 4.39 Å². The first-order chi connectivity index (χ1) is 5.52. The van der Waals surface area contributed by atoms with E-state index < -0.39 is 23.8 Å². The number of halogens is 5. The number of rotatable bonds is 1. The quantitative estimate of drug-likeness (QED) is 0.440. The highest BCUT2D eigenvalue weighted by Gasteiger charge is 2.19. The summed E-state index contributed by atoms with van der Waals surface area (Å²) in [7, 11) is 0. The van der Waals surface area contributed by atoms with Crippen molar-refractivity contribution in [3.63, 3.8) is 0 Å². The zero-order valence-corrected chi connectivity index (χ0v) is 7.65. The topological polar surface area (TPSA) is 12.9 Å². The molecule has 0 saturated carbocycles. The van der Waals surface area contributed by atoms with Crippen molar-refractivity contribution < 1.29 is 17.6 Å². The summed E-state index contributed by atoms with van der Waals surface area (Å²) in [6.07, 6.45) is -2.97. The van der Waals surface area contributed by atoms with Gasteiger partial charge in [0, 0.05) is 6.07 Å². The molecule has 1 aromatic heterocycles. The number of hydrogen-bond donors (Lipinski definition) is 0. The third kappa shape index (κ3) is 1.85. The molecule has 0 aromatic carbocycles. The Morgan fingerprint density at radius 3 is 2.33 bits per heavy atom. The van der Waals surface area contributed by atoms with Crippen molar-refractivity contribution in [1.82, 2.24) is 4.98 Å². The minimum absolute atomic E-state index is 0.337. The zero-order valence-electron chi connectivity index (χ0n) is 5.49. The monoisotopic (exact) mass is 291 g/mol. The highest BCUT2D eigenvalue weighted by atomic mass is 127. The van der Waals surface area contributed by atoms with Gasteiger partial charge in [0.1, 0.15) is 9.52 Å². The van der Waals surface area contributed by atoms with Crippen LogP contribution in [0, 0.1) is 15.5 Å². The molecule has 0 fully saturated rings. The Bertz CT molecular complexity index is 279. The lowest BCUT2D eigenvalue weighted by atomic mass is 10.3. The van der Waals surface area contributed by atoms with Crippen molar-refractivity contribution >= 4 is 22.6 Å². The molecule has 12 heavy (non-hydrogen) atoms. The van der Waals surface area contributed by atoms with E-state index in [0.29, 0.717) is 6.07 Å². The molecule has 0 atom stereocenters. The lowest BCUT2D eigenvalue weighted by molar-refractivity contribution is 0.144. The molecule has 0 spiro atoms. The predicted molar refractivity (Wildman–Crippen MR) is 41.8 cm³/mol. The molecule has 0 radical (unpaired) electrons. The van der Waals surface area contributed by atoms with Gasteiger partial charge in [-0.3, -0.25) is 0 Å². The largest absolute Gasteiger partial charge is 0.269 e. The summed E-state index contributed by atoms with van der Waals surface area (Å²) < 4.78 is 48.5. The molecule has 0 aliphatic heterocycles. The van der Waals surface area contributed by atoms with E-state index in [1.807, 2.05) is 0 Å². The summed E-state index contributed by atoms with van der Waals surface area (Å²) in [5.41, 5.74) is -0.850. The first-order valence-corrected chi connectivity index (χ1v) is 3.90. The van der Waals surface area contributed by atoms with Gasteiger partial charge in [-0.05, 0) is 22.6 Å². The van der Waals surface area contributed by atoms with E-state index in [0.717, 1.165) is 0 Å². The molecule has 0 bridgehead atoms. The summed E-state index contributed by atoms with van der Waals surface area (Å²) in [6.45, 7) is 0. The first kappa shape index (κ1) is 9.69. The van der Waals surface area contributed by atoms with Gasteiger partial charge in [-0.1, -0.05) is 0 Å². The molecule has 0 aliphatic carbocycles. The molecule has 0 aliphatic rings. The summed E-state index contributed by atoms with van der Waals surface area (Å²) in [6, 6.07) is 0.337. The fraction of sp³-hybridized carbons (Fsp3) is 0.167. The maximum absolute atomic E-state index is 12.6. The van der Waals surface area contributed by atoms with Crippen LogP contribution in [0.5, 0.6) is 0 Å². The van der Waals surface area contributed by atoms with Gasteiger partial charge in [0.15, 0.2) is 0 Å². The van der Waals surface area contributed by atoms with Gasteiger partial charge in [-0.25, -0.2) is 18.2 Å². The minimum atomic E-state index is -2.97. The van der Waals surface area contributed by atoms with Crippen molar-refractivity contribution in [3.8, 4) is 0 Å². The normalized spacial score (nSPS) is 10.8. The Balaban J connectivity index is 3.28. The summed E-state index contributed by atoms with van der Waals surface area (Å²) in [4.78, 5) is 3.06. The summed E-state index contributed by atoms with van der Waals surface area (Å²) in [5.74, 6) is -2.36. The second-order valence-electron chi connectivity index (χ2n) is 1.93. The number of alkyl halides is 2. The van der Waals surface area contributed by atoms with Gasteiger partial charge < -0.3 is 0 Å². The Morgan fingerprint density at radius 1 is 1.33 bits per heavy atom. The van der Waals surface area contributed by atoms with E-state index in [1.54, 1.807) is 0 Å². The Morgan fingerprint density at radius 2 is 1.92 bits per heavy atom. The van der Waals surface area contributed by atoms with Crippen molar-refractivity contribution in [2.24, 2.45) is 0 Å². The van der Waals surface area contributed by atoms with Gasteiger partial charge in [0.25, 0.3) is 6.43 Å². The van der Waals surface area contributed by atoms with Crippen LogP contribution in [0.1, 0.15) is 12.0 Å². The third-order valence-electron chi connectivity index (χ3n) is 1.15. The van der Waals surface area contributed by atoms with Gasteiger partial charge >= 0.3 is 0 Å². The van der Waals surface area contributed by atoms with Crippen LogP contribution in [0.3, 0.4) is 0 Å². The van der Waals surface area contributed by atoms with Crippen LogP contribution in [0.2, 0.25) is 0 Å². The lowest BCUT2D eigenvalue weighted by Crippen LogP contribution is -2.00. The van der Waals surface area contributed by atoms with Crippen molar-refractivity contribution in [3.05, 3.63) is 27.1 Å². The maximum Gasteiger partial charge on any atom is 0.269 e. The van der Waals surface area contributed by atoms with E-state index in [4.69, 9.17) is 0 Å². The Labute approximate surface area is 78.9 Å². The maximum atomic E-state index is 12.6. The van der Waals surface area contributed by atoms with E-state index in [1.165, 1.54) is 22.6 Å². The number of pyridine rings is 1. The van der Waals surface area contributed by atoms with Crippen molar-refractivity contribution in [2.75, 3.05) is 0 Å². The average molecular weight is 291 g/mol. The SMILES string of the molecule is Fc1cc(F)c(C(F)F)c(I)n1. The van der Waals surface area contributed by atoms with Gasteiger partial charge in [0.05, 0.1) is 5.56 Å². The van der Waals surface area contributed by atoms with Gasteiger partial charge in [0.2, 0.25) is 5.95 Å².